The van der Waals surface area contributed by atoms with Gasteiger partial charge in [-0.25, -0.2) is 4.79 Å². The lowest BCUT2D eigenvalue weighted by molar-refractivity contribution is -0.121. The number of hydrogen-bond donors (Lipinski definition) is 3. The van der Waals surface area contributed by atoms with Crippen LogP contribution in [0, 0.1) is 5.92 Å². The predicted molar refractivity (Wildman–Crippen MR) is 120 cm³/mol. The first-order valence-corrected chi connectivity index (χ1v) is 11.8. The fourth-order valence-electron chi connectivity index (χ4n) is 4.58. The van der Waals surface area contributed by atoms with Crippen LogP contribution in [0.25, 0.3) is 0 Å². The highest BCUT2D eigenvalue weighted by atomic mass is 16.2. The van der Waals surface area contributed by atoms with E-state index in [4.69, 9.17) is 0 Å². The van der Waals surface area contributed by atoms with Crippen LogP contribution in [-0.2, 0) is 11.3 Å². The molecule has 0 aromatic heterocycles. The molecule has 2 aliphatic rings. The van der Waals surface area contributed by atoms with Crippen molar-refractivity contribution in [3.63, 3.8) is 0 Å². The summed E-state index contributed by atoms with van der Waals surface area (Å²) in [7, 11) is 0. The number of nitrogens with zero attached hydrogens (tertiary/aromatic N) is 1. The zero-order chi connectivity index (χ0) is 21.0. The van der Waals surface area contributed by atoms with Gasteiger partial charge in [-0.1, -0.05) is 49.6 Å². The molecule has 1 saturated heterocycles. The number of urea groups is 1. The van der Waals surface area contributed by atoms with Crippen molar-refractivity contribution in [1.82, 2.24) is 20.9 Å². The van der Waals surface area contributed by atoms with Gasteiger partial charge in [-0.3, -0.25) is 9.69 Å². The Morgan fingerprint density at radius 1 is 0.967 bits per heavy atom. The maximum Gasteiger partial charge on any atom is 0.315 e. The van der Waals surface area contributed by atoms with Crippen molar-refractivity contribution in [2.45, 2.75) is 70.4 Å². The monoisotopic (exact) mass is 414 g/mol. The van der Waals surface area contributed by atoms with Crippen LogP contribution in [0.3, 0.4) is 0 Å². The molecule has 6 nitrogen and oxygen atoms in total. The van der Waals surface area contributed by atoms with Crippen molar-refractivity contribution in [1.29, 1.82) is 0 Å². The minimum Gasteiger partial charge on any atom is -0.356 e. The molecule has 1 atom stereocenters. The van der Waals surface area contributed by atoms with Crippen molar-refractivity contribution in [2.75, 3.05) is 26.2 Å². The molecule has 1 aliphatic heterocycles. The van der Waals surface area contributed by atoms with Gasteiger partial charge >= 0.3 is 6.03 Å². The van der Waals surface area contributed by atoms with Gasteiger partial charge in [-0.15, -0.1) is 0 Å². The number of carbonyl (C=O) groups is 2. The first-order chi connectivity index (χ1) is 14.7. The topological polar surface area (TPSA) is 73.5 Å². The molecule has 6 heteroatoms. The minimum absolute atomic E-state index is 0.0877. The number of piperidine rings is 1. The Morgan fingerprint density at radius 2 is 1.77 bits per heavy atom. The van der Waals surface area contributed by atoms with Gasteiger partial charge in [0.15, 0.2) is 0 Å². The van der Waals surface area contributed by atoms with E-state index in [2.05, 4.69) is 51.2 Å². The van der Waals surface area contributed by atoms with Crippen molar-refractivity contribution >= 4 is 11.9 Å². The zero-order valence-electron chi connectivity index (χ0n) is 18.2. The molecule has 166 valence electrons. The van der Waals surface area contributed by atoms with Gasteiger partial charge in [0, 0.05) is 38.6 Å². The normalized spacial score (nSPS) is 20.5. The SMILES string of the molecule is O=C(CCCNC(=O)NC1CCCCC1)NCC1CCCN(Cc2ccccc2)C1. The van der Waals surface area contributed by atoms with Gasteiger partial charge in [-0.05, 0) is 50.1 Å². The van der Waals surface area contributed by atoms with E-state index in [1.54, 1.807) is 0 Å². The highest BCUT2D eigenvalue weighted by Gasteiger charge is 2.20. The Hall–Kier alpha value is -2.08. The molecule has 0 radical (unpaired) electrons. The molecule has 1 aliphatic carbocycles. The Balaban J connectivity index is 1.24. The van der Waals surface area contributed by atoms with Crippen LogP contribution in [0.2, 0.25) is 0 Å². The molecule has 1 heterocycles. The predicted octanol–water partition coefficient (Wildman–Crippen LogP) is 3.43. The first-order valence-electron chi connectivity index (χ1n) is 11.8. The summed E-state index contributed by atoms with van der Waals surface area (Å²) in [5.41, 5.74) is 1.35. The third-order valence-corrected chi connectivity index (χ3v) is 6.25. The largest absolute Gasteiger partial charge is 0.356 e. The Morgan fingerprint density at radius 3 is 2.57 bits per heavy atom. The second-order valence-electron chi connectivity index (χ2n) is 8.87. The van der Waals surface area contributed by atoms with Gasteiger partial charge in [0.25, 0.3) is 0 Å². The quantitative estimate of drug-likeness (QED) is 0.542. The molecule has 0 spiro atoms. The second kappa shape index (κ2) is 12.6. The van der Waals surface area contributed by atoms with Crippen LogP contribution < -0.4 is 16.0 Å². The fourth-order valence-corrected chi connectivity index (χ4v) is 4.58. The van der Waals surface area contributed by atoms with E-state index in [0.29, 0.717) is 31.3 Å². The third-order valence-electron chi connectivity index (χ3n) is 6.25. The number of benzene rings is 1. The molecule has 3 N–H and O–H groups in total. The van der Waals surface area contributed by atoms with E-state index in [-0.39, 0.29) is 11.9 Å². The summed E-state index contributed by atoms with van der Waals surface area (Å²) in [5, 5.41) is 9.02. The van der Waals surface area contributed by atoms with Crippen LogP contribution in [0.4, 0.5) is 4.79 Å². The summed E-state index contributed by atoms with van der Waals surface area (Å²) in [4.78, 5) is 26.6. The Labute approximate surface area is 181 Å². The smallest absolute Gasteiger partial charge is 0.315 e. The summed E-state index contributed by atoms with van der Waals surface area (Å²) in [6.45, 7) is 4.45. The molecule has 30 heavy (non-hydrogen) atoms. The van der Waals surface area contributed by atoms with Crippen molar-refractivity contribution in [3.8, 4) is 0 Å². The van der Waals surface area contributed by atoms with Gasteiger partial charge in [-0.2, -0.15) is 0 Å². The average molecular weight is 415 g/mol. The Bertz CT molecular complexity index is 646. The maximum absolute atomic E-state index is 12.2. The standard InChI is InChI=1S/C24H38N4O2/c29-23(14-7-15-25-24(30)27-22-12-5-2-6-13-22)26-17-21-11-8-16-28(19-21)18-20-9-3-1-4-10-20/h1,3-4,9-10,21-22H,2,5-8,11-19H2,(H,26,29)(H2,25,27,30). The number of likely N-dealkylation sites (tertiary alicyclic amines) is 1. The summed E-state index contributed by atoms with van der Waals surface area (Å²) in [6.07, 6.45) is 9.35. The van der Waals surface area contributed by atoms with Crippen molar-refractivity contribution < 1.29 is 9.59 Å². The van der Waals surface area contributed by atoms with E-state index in [9.17, 15) is 9.59 Å². The lowest BCUT2D eigenvalue weighted by Gasteiger charge is -2.32. The van der Waals surface area contributed by atoms with Crippen LogP contribution in [0.5, 0.6) is 0 Å². The molecule has 1 unspecified atom stereocenters. The lowest BCUT2D eigenvalue weighted by atomic mass is 9.96. The van der Waals surface area contributed by atoms with Gasteiger partial charge in [0.2, 0.25) is 5.91 Å². The van der Waals surface area contributed by atoms with E-state index in [1.165, 1.54) is 37.7 Å². The molecule has 1 aromatic rings. The van der Waals surface area contributed by atoms with Gasteiger partial charge < -0.3 is 16.0 Å². The number of hydrogen-bond acceptors (Lipinski definition) is 3. The highest BCUT2D eigenvalue weighted by molar-refractivity contribution is 5.76. The van der Waals surface area contributed by atoms with Gasteiger partial charge in [0.05, 0.1) is 0 Å². The summed E-state index contributed by atoms with van der Waals surface area (Å²) >= 11 is 0. The first kappa shape index (κ1) is 22.6. The summed E-state index contributed by atoms with van der Waals surface area (Å²) < 4.78 is 0. The fraction of sp³-hybridized carbons (Fsp3) is 0.667. The number of amides is 3. The molecule has 2 fully saturated rings. The number of nitrogens with one attached hydrogen (secondary N) is 3. The van der Waals surface area contributed by atoms with Crippen molar-refractivity contribution in [2.24, 2.45) is 5.92 Å². The van der Waals surface area contributed by atoms with E-state index >= 15 is 0 Å². The number of carbonyl (C=O) groups excluding carboxylic acids is 2. The molecule has 0 bridgehead atoms. The second-order valence-corrected chi connectivity index (χ2v) is 8.87. The van der Waals surface area contributed by atoms with Crippen LogP contribution in [-0.4, -0.2) is 49.1 Å². The molecule has 3 rings (SSSR count). The van der Waals surface area contributed by atoms with Crippen LogP contribution in [0.15, 0.2) is 30.3 Å². The average Bonchev–Trinajstić information content (AvgIpc) is 2.77. The molecule has 1 saturated carbocycles. The zero-order valence-corrected chi connectivity index (χ0v) is 18.2. The molecule has 3 amide bonds. The molecule has 1 aromatic carbocycles. The van der Waals surface area contributed by atoms with Crippen molar-refractivity contribution in [3.05, 3.63) is 35.9 Å². The van der Waals surface area contributed by atoms with E-state index in [1.807, 2.05) is 0 Å². The maximum atomic E-state index is 12.2. The lowest BCUT2D eigenvalue weighted by Crippen LogP contribution is -2.43. The van der Waals surface area contributed by atoms with E-state index in [0.717, 1.165) is 39.0 Å². The summed E-state index contributed by atoms with van der Waals surface area (Å²) in [6, 6.07) is 10.8. The van der Waals surface area contributed by atoms with Crippen LogP contribution in [0.1, 0.15) is 63.4 Å². The van der Waals surface area contributed by atoms with E-state index < -0.39 is 0 Å². The molecular weight excluding hydrogens is 376 g/mol. The third kappa shape index (κ3) is 8.34. The highest BCUT2D eigenvalue weighted by Crippen LogP contribution is 2.18. The number of rotatable bonds is 9. The van der Waals surface area contributed by atoms with Gasteiger partial charge in [0.1, 0.15) is 0 Å². The minimum atomic E-state index is -0.0944. The summed E-state index contributed by atoms with van der Waals surface area (Å²) in [5.74, 6) is 0.607. The molecular formula is C24H38N4O2. The Kier molecular flexibility index (Phi) is 9.48. The van der Waals surface area contributed by atoms with Crippen LogP contribution >= 0.6 is 0 Å².